The monoisotopic (exact) mass is 236 g/mol. The fraction of sp³-hybridized carbons (Fsp3) is 0.538. The van der Waals surface area contributed by atoms with E-state index < -0.39 is 0 Å². The molecule has 0 bridgehead atoms. The number of nitrogens with zero attached hydrogens (tertiary/aromatic N) is 2. The lowest BCUT2D eigenvalue weighted by Gasteiger charge is -2.17. The molecule has 0 fully saturated rings. The van der Waals surface area contributed by atoms with Gasteiger partial charge in [0.05, 0.1) is 0 Å². The SMILES string of the molecule is CCCCN(C)C(=O)Cn1cccc(C)c1=O. The van der Waals surface area contributed by atoms with Crippen LogP contribution in [0.15, 0.2) is 23.1 Å². The second kappa shape index (κ2) is 6.23. The summed E-state index contributed by atoms with van der Waals surface area (Å²) in [5, 5.41) is 0. The molecule has 0 aromatic carbocycles. The van der Waals surface area contributed by atoms with Crippen molar-refractivity contribution >= 4 is 5.91 Å². The van der Waals surface area contributed by atoms with Crippen molar-refractivity contribution in [3.63, 3.8) is 0 Å². The van der Waals surface area contributed by atoms with Crippen molar-refractivity contribution in [1.29, 1.82) is 0 Å². The number of unbranched alkanes of at least 4 members (excludes halogenated alkanes) is 1. The number of carbonyl (C=O) groups excluding carboxylic acids is 1. The number of hydrogen-bond acceptors (Lipinski definition) is 2. The van der Waals surface area contributed by atoms with E-state index in [1.54, 1.807) is 37.2 Å². The molecule has 0 aliphatic carbocycles. The van der Waals surface area contributed by atoms with Crippen LogP contribution < -0.4 is 5.56 Å². The van der Waals surface area contributed by atoms with Gasteiger partial charge in [0.15, 0.2) is 0 Å². The van der Waals surface area contributed by atoms with Gasteiger partial charge in [-0.2, -0.15) is 0 Å². The topological polar surface area (TPSA) is 42.3 Å². The number of carbonyl (C=O) groups is 1. The van der Waals surface area contributed by atoms with Crippen molar-refractivity contribution in [2.75, 3.05) is 13.6 Å². The summed E-state index contributed by atoms with van der Waals surface area (Å²) in [6, 6.07) is 3.54. The molecule has 17 heavy (non-hydrogen) atoms. The number of pyridine rings is 1. The van der Waals surface area contributed by atoms with E-state index in [1.807, 2.05) is 0 Å². The van der Waals surface area contributed by atoms with Crippen LogP contribution >= 0.6 is 0 Å². The summed E-state index contributed by atoms with van der Waals surface area (Å²) in [4.78, 5) is 25.3. The van der Waals surface area contributed by atoms with E-state index in [-0.39, 0.29) is 18.0 Å². The first-order chi connectivity index (χ1) is 8.06. The van der Waals surface area contributed by atoms with Crippen molar-refractivity contribution in [3.8, 4) is 0 Å². The maximum absolute atomic E-state index is 11.8. The zero-order valence-electron chi connectivity index (χ0n) is 10.8. The number of aryl methyl sites for hydroxylation is 1. The second-order valence-corrected chi connectivity index (χ2v) is 4.29. The van der Waals surface area contributed by atoms with E-state index in [0.29, 0.717) is 5.56 Å². The summed E-state index contributed by atoms with van der Waals surface area (Å²) in [6.07, 6.45) is 3.70. The van der Waals surface area contributed by atoms with Gasteiger partial charge in [-0.1, -0.05) is 19.4 Å². The molecule has 0 radical (unpaired) electrons. The molecule has 0 N–H and O–H groups in total. The van der Waals surface area contributed by atoms with Crippen LogP contribution in [-0.2, 0) is 11.3 Å². The molecule has 0 saturated carbocycles. The Labute approximate surface area is 102 Å². The fourth-order valence-electron chi connectivity index (χ4n) is 1.57. The highest BCUT2D eigenvalue weighted by Crippen LogP contribution is 1.95. The van der Waals surface area contributed by atoms with E-state index in [9.17, 15) is 9.59 Å². The Morgan fingerprint density at radius 1 is 1.47 bits per heavy atom. The lowest BCUT2D eigenvalue weighted by atomic mass is 10.3. The smallest absolute Gasteiger partial charge is 0.253 e. The third-order valence-corrected chi connectivity index (χ3v) is 2.79. The Balaban J connectivity index is 2.68. The van der Waals surface area contributed by atoms with E-state index in [0.717, 1.165) is 19.4 Å². The number of aromatic nitrogens is 1. The predicted octanol–water partition coefficient (Wildman–Crippen LogP) is 1.42. The average Bonchev–Trinajstić information content (AvgIpc) is 2.31. The zero-order chi connectivity index (χ0) is 12.8. The van der Waals surface area contributed by atoms with Crippen LogP contribution in [0.25, 0.3) is 0 Å². The molecule has 0 aliphatic heterocycles. The van der Waals surface area contributed by atoms with Crippen LogP contribution in [0.4, 0.5) is 0 Å². The van der Waals surface area contributed by atoms with Gasteiger partial charge in [0, 0.05) is 25.4 Å². The molecular formula is C13H20N2O2. The first-order valence-corrected chi connectivity index (χ1v) is 5.96. The van der Waals surface area contributed by atoms with Gasteiger partial charge >= 0.3 is 0 Å². The molecule has 0 unspecified atom stereocenters. The molecule has 0 aliphatic rings. The largest absolute Gasteiger partial charge is 0.344 e. The van der Waals surface area contributed by atoms with Crippen molar-refractivity contribution in [1.82, 2.24) is 9.47 Å². The lowest BCUT2D eigenvalue weighted by molar-refractivity contribution is -0.130. The van der Waals surface area contributed by atoms with E-state index in [2.05, 4.69) is 6.92 Å². The molecule has 1 aromatic rings. The second-order valence-electron chi connectivity index (χ2n) is 4.29. The van der Waals surface area contributed by atoms with Crippen molar-refractivity contribution in [3.05, 3.63) is 34.2 Å². The number of hydrogen-bond donors (Lipinski definition) is 0. The fourth-order valence-corrected chi connectivity index (χ4v) is 1.57. The van der Waals surface area contributed by atoms with Gasteiger partial charge in [0.1, 0.15) is 6.54 Å². The predicted molar refractivity (Wildman–Crippen MR) is 68.0 cm³/mol. The van der Waals surface area contributed by atoms with Crippen LogP contribution in [0.3, 0.4) is 0 Å². The standard InChI is InChI=1S/C13H20N2O2/c1-4-5-8-14(3)12(16)10-15-9-6-7-11(2)13(15)17/h6-7,9H,4-5,8,10H2,1-3H3. The minimum atomic E-state index is -0.0928. The van der Waals surface area contributed by atoms with Crippen LogP contribution in [0.1, 0.15) is 25.3 Å². The molecule has 0 spiro atoms. The number of rotatable bonds is 5. The highest BCUT2D eigenvalue weighted by Gasteiger charge is 2.09. The zero-order valence-corrected chi connectivity index (χ0v) is 10.8. The van der Waals surface area contributed by atoms with Crippen LogP contribution in [0, 0.1) is 6.92 Å². The summed E-state index contributed by atoms with van der Waals surface area (Å²) < 4.78 is 1.46. The molecule has 0 saturated heterocycles. The molecule has 4 nitrogen and oxygen atoms in total. The minimum absolute atomic E-state index is 0.0221. The Morgan fingerprint density at radius 3 is 2.82 bits per heavy atom. The van der Waals surface area contributed by atoms with E-state index in [1.165, 1.54) is 4.57 Å². The number of likely N-dealkylation sites (N-methyl/N-ethyl adjacent to an activating group) is 1. The van der Waals surface area contributed by atoms with Gasteiger partial charge in [0.2, 0.25) is 5.91 Å². The normalized spacial score (nSPS) is 10.3. The Hall–Kier alpha value is -1.58. The minimum Gasteiger partial charge on any atom is -0.344 e. The third kappa shape index (κ3) is 3.73. The van der Waals surface area contributed by atoms with Crippen LogP contribution in [0.5, 0.6) is 0 Å². The maximum Gasteiger partial charge on any atom is 0.253 e. The van der Waals surface area contributed by atoms with Gasteiger partial charge in [-0.05, 0) is 19.4 Å². The summed E-state index contributed by atoms with van der Waals surface area (Å²) in [7, 11) is 1.78. The molecule has 1 rings (SSSR count). The molecule has 1 amide bonds. The number of amides is 1. The summed E-state index contributed by atoms with van der Waals surface area (Å²) in [6.45, 7) is 4.71. The first kappa shape index (κ1) is 13.5. The molecule has 1 aromatic heterocycles. The van der Waals surface area contributed by atoms with Crippen LogP contribution in [0.2, 0.25) is 0 Å². The first-order valence-electron chi connectivity index (χ1n) is 5.96. The molecule has 94 valence electrons. The maximum atomic E-state index is 11.8. The average molecular weight is 236 g/mol. The summed E-state index contributed by atoms with van der Waals surface area (Å²) >= 11 is 0. The molecular weight excluding hydrogens is 216 g/mol. The quantitative estimate of drug-likeness (QED) is 0.776. The van der Waals surface area contributed by atoms with E-state index in [4.69, 9.17) is 0 Å². The lowest BCUT2D eigenvalue weighted by Crippen LogP contribution is -2.34. The summed E-state index contributed by atoms with van der Waals surface area (Å²) in [5.41, 5.74) is 0.571. The van der Waals surface area contributed by atoms with Crippen LogP contribution in [-0.4, -0.2) is 29.0 Å². The van der Waals surface area contributed by atoms with Gasteiger partial charge in [-0.3, -0.25) is 9.59 Å². The van der Waals surface area contributed by atoms with E-state index >= 15 is 0 Å². The Morgan fingerprint density at radius 2 is 2.18 bits per heavy atom. The van der Waals surface area contributed by atoms with Gasteiger partial charge in [0.25, 0.3) is 5.56 Å². The van der Waals surface area contributed by atoms with Gasteiger partial charge in [-0.25, -0.2) is 0 Å². The molecule has 4 heteroatoms. The third-order valence-electron chi connectivity index (χ3n) is 2.79. The highest BCUT2D eigenvalue weighted by molar-refractivity contribution is 5.75. The highest BCUT2D eigenvalue weighted by atomic mass is 16.2. The van der Waals surface area contributed by atoms with Gasteiger partial charge in [-0.15, -0.1) is 0 Å². The van der Waals surface area contributed by atoms with Crippen molar-refractivity contribution in [2.24, 2.45) is 0 Å². The Kier molecular flexibility index (Phi) is 4.94. The Bertz CT molecular complexity index is 437. The van der Waals surface area contributed by atoms with Crippen molar-refractivity contribution < 1.29 is 4.79 Å². The molecule has 1 heterocycles. The molecule has 0 atom stereocenters. The van der Waals surface area contributed by atoms with Crippen molar-refractivity contribution in [2.45, 2.75) is 33.2 Å². The summed E-state index contributed by atoms with van der Waals surface area (Å²) in [5.74, 6) is -0.0221. The van der Waals surface area contributed by atoms with Gasteiger partial charge < -0.3 is 9.47 Å².